The fraction of sp³-hybridized carbons (Fsp3) is 0.938. The molecular weight excluding hydrogens is 224 g/mol. The highest BCUT2D eigenvalue weighted by atomic mass is 16.5. The quantitative estimate of drug-likeness (QED) is 0.440. The summed E-state index contributed by atoms with van der Waals surface area (Å²) in [6, 6.07) is 0. The van der Waals surface area contributed by atoms with Crippen molar-refractivity contribution in [1.82, 2.24) is 0 Å². The highest BCUT2D eigenvalue weighted by molar-refractivity contribution is 5.69. The van der Waals surface area contributed by atoms with Gasteiger partial charge in [0.15, 0.2) is 0 Å². The molecule has 0 aliphatic heterocycles. The first-order valence-electron chi connectivity index (χ1n) is 7.91. The highest BCUT2D eigenvalue weighted by Gasteiger charge is 2.24. The third kappa shape index (κ3) is 6.42. The predicted octanol–water partition coefficient (Wildman–Crippen LogP) is 4.72. The first kappa shape index (κ1) is 15.5. The van der Waals surface area contributed by atoms with Gasteiger partial charge in [0.2, 0.25) is 0 Å². The van der Waals surface area contributed by atoms with E-state index in [1.807, 2.05) is 6.92 Å². The number of esters is 1. The molecule has 0 N–H and O–H groups in total. The molecule has 0 aromatic rings. The molecule has 1 rings (SSSR count). The summed E-state index contributed by atoms with van der Waals surface area (Å²) >= 11 is 0. The van der Waals surface area contributed by atoms with E-state index < -0.39 is 0 Å². The molecule has 1 aliphatic rings. The van der Waals surface area contributed by atoms with Gasteiger partial charge in [0.25, 0.3) is 0 Å². The lowest BCUT2D eigenvalue weighted by atomic mass is 9.96. The van der Waals surface area contributed by atoms with Crippen LogP contribution in [0.4, 0.5) is 0 Å². The van der Waals surface area contributed by atoms with E-state index in [0.717, 1.165) is 18.3 Å². The smallest absolute Gasteiger partial charge is 0.305 e. The second-order valence-electron chi connectivity index (χ2n) is 5.74. The predicted molar refractivity (Wildman–Crippen MR) is 75.5 cm³/mol. The summed E-state index contributed by atoms with van der Waals surface area (Å²) in [5.74, 6) is 1.71. The van der Waals surface area contributed by atoms with E-state index in [2.05, 4.69) is 6.92 Å². The number of carbonyl (C=O) groups is 1. The standard InChI is InChI=1S/C16H30O2/c1-3-5-6-7-8-14-9-10-15(13-14)11-12-16(17)18-4-2/h14-15H,3-13H2,1-2H3. The third-order valence-electron chi connectivity index (χ3n) is 4.18. The molecule has 0 radical (unpaired) electrons. The van der Waals surface area contributed by atoms with Crippen molar-refractivity contribution in [3.8, 4) is 0 Å². The Labute approximate surface area is 112 Å². The zero-order valence-corrected chi connectivity index (χ0v) is 12.2. The molecule has 2 atom stereocenters. The van der Waals surface area contributed by atoms with Gasteiger partial charge in [-0.05, 0) is 31.6 Å². The van der Waals surface area contributed by atoms with Gasteiger partial charge in [0.1, 0.15) is 0 Å². The molecule has 0 aromatic heterocycles. The van der Waals surface area contributed by atoms with Crippen LogP contribution in [0, 0.1) is 11.8 Å². The molecule has 0 heterocycles. The van der Waals surface area contributed by atoms with Gasteiger partial charge in [0.05, 0.1) is 6.61 Å². The average Bonchev–Trinajstić information content (AvgIpc) is 2.81. The average molecular weight is 254 g/mol. The van der Waals surface area contributed by atoms with E-state index in [1.165, 1.54) is 51.4 Å². The van der Waals surface area contributed by atoms with Crippen molar-refractivity contribution < 1.29 is 9.53 Å². The van der Waals surface area contributed by atoms with Crippen LogP contribution >= 0.6 is 0 Å². The van der Waals surface area contributed by atoms with Crippen LogP contribution in [0.25, 0.3) is 0 Å². The molecule has 0 amide bonds. The number of carbonyl (C=O) groups excluding carboxylic acids is 1. The maximum Gasteiger partial charge on any atom is 0.305 e. The van der Waals surface area contributed by atoms with Crippen LogP contribution in [0.5, 0.6) is 0 Å². The Bertz CT molecular complexity index is 225. The monoisotopic (exact) mass is 254 g/mol. The minimum absolute atomic E-state index is 0.0103. The zero-order valence-electron chi connectivity index (χ0n) is 12.2. The molecule has 0 spiro atoms. The van der Waals surface area contributed by atoms with Gasteiger partial charge in [-0.25, -0.2) is 0 Å². The Kier molecular flexibility index (Phi) is 8.11. The Morgan fingerprint density at radius 1 is 1.06 bits per heavy atom. The van der Waals surface area contributed by atoms with Crippen LogP contribution in [0.2, 0.25) is 0 Å². The lowest BCUT2D eigenvalue weighted by Crippen LogP contribution is -2.06. The number of unbranched alkanes of at least 4 members (excludes halogenated alkanes) is 3. The van der Waals surface area contributed by atoms with Crippen molar-refractivity contribution in [3.63, 3.8) is 0 Å². The van der Waals surface area contributed by atoms with Gasteiger partial charge in [-0.15, -0.1) is 0 Å². The second-order valence-corrected chi connectivity index (χ2v) is 5.74. The van der Waals surface area contributed by atoms with Crippen LogP contribution in [0.1, 0.15) is 78.1 Å². The largest absolute Gasteiger partial charge is 0.466 e. The van der Waals surface area contributed by atoms with Crippen LogP contribution in [0.3, 0.4) is 0 Å². The molecule has 0 bridgehead atoms. The minimum Gasteiger partial charge on any atom is -0.466 e. The highest BCUT2D eigenvalue weighted by Crippen LogP contribution is 2.36. The summed E-state index contributed by atoms with van der Waals surface area (Å²) in [7, 11) is 0. The Hall–Kier alpha value is -0.530. The SMILES string of the molecule is CCCCCCC1CCC(CCC(=O)OCC)C1. The fourth-order valence-electron chi connectivity index (χ4n) is 3.12. The van der Waals surface area contributed by atoms with Gasteiger partial charge >= 0.3 is 5.97 Å². The van der Waals surface area contributed by atoms with Gasteiger partial charge in [-0.1, -0.05) is 51.9 Å². The van der Waals surface area contributed by atoms with Crippen LogP contribution in [0.15, 0.2) is 0 Å². The lowest BCUT2D eigenvalue weighted by Gasteiger charge is -2.11. The van der Waals surface area contributed by atoms with Crippen molar-refractivity contribution >= 4 is 5.97 Å². The molecule has 106 valence electrons. The molecule has 1 aliphatic carbocycles. The van der Waals surface area contributed by atoms with Crippen LogP contribution < -0.4 is 0 Å². The van der Waals surface area contributed by atoms with Crippen LogP contribution in [-0.4, -0.2) is 12.6 Å². The lowest BCUT2D eigenvalue weighted by molar-refractivity contribution is -0.143. The van der Waals surface area contributed by atoms with E-state index in [1.54, 1.807) is 0 Å². The molecular formula is C16H30O2. The number of rotatable bonds is 9. The van der Waals surface area contributed by atoms with Gasteiger partial charge in [0, 0.05) is 6.42 Å². The summed E-state index contributed by atoms with van der Waals surface area (Å²) in [6.07, 6.45) is 12.7. The van der Waals surface area contributed by atoms with E-state index in [9.17, 15) is 4.79 Å². The van der Waals surface area contributed by atoms with E-state index >= 15 is 0 Å². The number of hydrogen-bond acceptors (Lipinski definition) is 2. The molecule has 2 unspecified atom stereocenters. The van der Waals surface area contributed by atoms with Crippen molar-refractivity contribution in [2.45, 2.75) is 78.1 Å². The Morgan fingerprint density at radius 2 is 1.78 bits per heavy atom. The van der Waals surface area contributed by atoms with Gasteiger partial charge in [-0.3, -0.25) is 4.79 Å². The number of ether oxygens (including phenoxy) is 1. The van der Waals surface area contributed by atoms with Gasteiger partial charge in [-0.2, -0.15) is 0 Å². The molecule has 2 nitrogen and oxygen atoms in total. The summed E-state index contributed by atoms with van der Waals surface area (Å²) in [6.45, 7) is 4.66. The molecule has 1 fully saturated rings. The van der Waals surface area contributed by atoms with E-state index in [4.69, 9.17) is 4.74 Å². The van der Waals surface area contributed by atoms with Crippen molar-refractivity contribution in [1.29, 1.82) is 0 Å². The normalized spacial score (nSPS) is 23.2. The van der Waals surface area contributed by atoms with E-state index in [-0.39, 0.29) is 5.97 Å². The minimum atomic E-state index is -0.0103. The number of hydrogen-bond donors (Lipinski definition) is 0. The summed E-state index contributed by atoms with van der Waals surface area (Å²) < 4.78 is 4.98. The summed E-state index contributed by atoms with van der Waals surface area (Å²) in [4.78, 5) is 11.3. The summed E-state index contributed by atoms with van der Waals surface area (Å²) in [5.41, 5.74) is 0. The van der Waals surface area contributed by atoms with Crippen LogP contribution in [-0.2, 0) is 9.53 Å². The maximum absolute atomic E-state index is 11.3. The molecule has 18 heavy (non-hydrogen) atoms. The van der Waals surface area contributed by atoms with Gasteiger partial charge < -0.3 is 4.74 Å². The molecule has 0 saturated heterocycles. The fourth-order valence-corrected chi connectivity index (χ4v) is 3.12. The first-order chi connectivity index (χ1) is 8.76. The first-order valence-corrected chi connectivity index (χ1v) is 7.91. The zero-order chi connectivity index (χ0) is 13.2. The molecule has 1 saturated carbocycles. The summed E-state index contributed by atoms with van der Waals surface area (Å²) in [5, 5.41) is 0. The van der Waals surface area contributed by atoms with E-state index in [0.29, 0.717) is 13.0 Å². The Morgan fingerprint density at radius 3 is 2.44 bits per heavy atom. The second kappa shape index (κ2) is 9.41. The molecule has 0 aromatic carbocycles. The Balaban J connectivity index is 2.04. The van der Waals surface area contributed by atoms with Crippen molar-refractivity contribution in [3.05, 3.63) is 0 Å². The topological polar surface area (TPSA) is 26.3 Å². The van der Waals surface area contributed by atoms with Crippen molar-refractivity contribution in [2.24, 2.45) is 11.8 Å². The maximum atomic E-state index is 11.3. The molecule has 2 heteroatoms. The van der Waals surface area contributed by atoms with Crippen molar-refractivity contribution in [2.75, 3.05) is 6.61 Å². The third-order valence-corrected chi connectivity index (χ3v) is 4.18.